The van der Waals surface area contributed by atoms with Crippen molar-refractivity contribution in [2.45, 2.75) is 18.9 Å². The van der Waals surface area contributed by atoms with Gasteiger partial charge in [-0.1, -0.05) is 0 Å². The molecule has 0 aromatic carbocycles. The van der Waals surface area contributed by atoms with Gasteiger partial charge in [-0.05, 0) is 12.8 Å². The highest BCUT2D eigenvalue weighted by atomic mass is 19.1. The molecule has 4 heteroatoms. The average Bonchev–Trinajstić information content (AvgIpc) is 2.12. The fraction of sp³-hybridized carbons (Fsp3) is 1.00. The third-order valence-electron chi connectivity index (χ3n) is 2.67. The van der Waals surface area contributed by atoms with Crippen LogP contribution in [0.1, 0.15) is 12.8 Å². The molecule has 0 spiro atoms. The average molecular weight is 191 g/mol. The summed E-state index contributed by atoms with van der Waals surface area (Å²) >= 11 is 0. The SMILES string of the molecule is OCCN1CCC(O)C(CCF)C1. The summed E-state index contributed by atoms with van der Waals surface area (Å²) in [5.41, 5.74) is 0. The number of aliphatic hydroxyl groups is 2. The monoisotopic (exact) mass is 191 g/mol. The minimum atomic E-state index is -0.366. The molecule has 1 saturated heterocycles. The summed E-state index contributed by atoms with van der Waals surface area (Å²) < 4.78 is 12.1. The molecule has 0 aromatic rings. The summed E-state index contributed by atoms with van der Waals surface area (Å²) in [7, 11) is 0. The van der Waals surface area contributed by atoms with Gasteiger partial charge in [0.15, 0.2) is 0 Å². The van der Waals surface area contributed by atoms with Crippen molar-refractivity contribution in [3.05, 3.63) is 0 Å². The lowest BCUT2D eigenvalue weighted by Crippen LogP contribution is -2.44. The van der Waals surface area contributed by atoms with E-state index < -0.39 is 0 Å². The van der Waals surface area contributed by atoms with E-state index >= 15 is 0 Å². The maximum atomic E-state index is 12.1. The fourth-order valence-electron chi connectivity index (χ4n) is 1.86. The summed E-state index contributed by atoms with van der Waals surface area (Å²) in [5, 5.41) is 18.3. The number of piperidine rings is 1. The maximum Gasteiger partial charge on any atom is 0.0898 e. The van der Waals surface area contributed by atoms with E-state index in [-0.39, 0.29) is 25.3 Å². The van der Waals surface area contributed by atoms with Gasteiger partial charge in [-0.3, -0.25) is 4.39 Å². The number of likely N-dealkylation sites (tertiary alicyclic amines) is 1. The highest BCUT2D eigenvalue weighted by molar-refractivity contribution is 4.79. The molecule has 13 heavy (non-hydrogen) atoms. The minimum Gasteiger partial charge on any atom is -0.395 e. The summed E-state index contributed by atoms with van der Waals surface area (Å²) in [5.74, 6) is 0.0466. The zero-order valence-corrected chi connectivity index (χ0v) is 7.82. The van der Waals surface area contributed by atoms with E-state index in [1.807, 2.05) is 0 Å². The van der Waals surface area contributed by atoms with Crippen molar-refractivity contribution in [3.63, 3.8) is 0 Å². The van der Waals surface area contributed by atoms with Gasteiger partial charge in [-0.15, -0.1) is 0 Å². The van der Waals surface area contributed by atoms with E-state index in [0.29, 0.717) is 25.9 Å². The van der Waals surface area contributed by atoms with Crippen molar-refractivity contribution in [2.75, 3.05) is 32.9 Å². The molecule has 0 bridgehead atoms. The van der Waals surface area contributed by atoms with Gasteiger partial charge in [-0.25, -0.2) is 0 Å². The summed E-state index contributed by atoms with van der Waals surface area (Å²) in [6.07, 6.45) is 0.777. The van der Waals surface area contributed by atoms with Gasteiger partial charge in [0, 0.05) is 25.6 Å². The second kappa shape index (κ2) is 5.52. The molecule has 1 heterocycles. The lowest BCUT2D eigenvalue weighted by Gasteiger charge is -2.35. The number of hydrogen-bond donors (Lipinski definition) is 2. The van der Waals surface area contributed by atoms with Crippen LogP contribution >= 0.6 is 0 Å². The number of β-amino-alcohol motifs (C(OH)–C–C–N with tert-alkyl or cyclic N) is 1. The van der Waals surface area contributed by atoms with Gasteiger partial charge >= 0.3 is 0 Å². The van der Waals surface area contributed by atoms with E-state index in [0.717, 1.165) is 6.54 Å². The predicted octanol–water partition coefficient (Wildman–Crippen LogP) is 0.0211. The van der Waals surface area contributed by atoms with Crippen LogP contribution in [-0.2, 0) is 0 Å². The largest absolute Gasteiger partial charge is 0.395 e. The van der Waals surface area contributed by atoms with Crippen LogP contribution in [-0.4, -0.2) is 54.1 Å². The van der Waals surface area contributed by atoms with Crippen LogP contribution in [0.3, 0.4) is 0 Å². The molecule has 78 valence electrons. The van der Waals surface area contributed by atoms with Crippen molar-refractivity contribution >= 4 is 0 Å². The molecule has 3 nitrogen and oxygen atoms in total. The Morgan fingerprint density at radius 1 is 1.46 bits per heavy atom. The second-order valence-corrected chi connectivity index (χ2v) is 3.62. The summed E-state index contributed by atoms with van der Waals surface area (Å²) in [4.78, 5) is 2.08. The first-order valence-corrected chi connectivity index (χ1v) is 4.85. The van der Waals surface area contributed by atoms with Crippen molar-refractivity contribution in [1.82, 2.24) is 4.90 Å². The quantitative estimate of drug-likeness (QED) is 0.658. The number of aliphatic hydroxyl groups excluding tert-OH is 2. The van der Waals surface area contributed by atoms with E-state index in [9.17, 15) is 9.50 Å². The standard InChI is InChI=1S/C9H18FNO2/c10-3-1-8-7-11(5-6-12)4-2-9(8)13/h8-9,12-13H,1-7H2. The van der Waals surface area contributed by atoms with Crippen LogP contribution in [0, 0.1) is 5.92 Å². The van der Waals surface area contributed by atoms with Crippen LogP contribution < -0.4 is 0 Å². The number of hydrogen-bond acceptors (Lipinski definition) is 3. The predicted molar refractivity (Wildman–Crippen MR) is 48.2 cm³/mol. The van der Waals surface area contributed by atoms with Gasteiger partial charge in [-0.2, -0.15) is 0 Å². The summed E-state index contributed by atoms with van der Waals surface area (Å²) in [6.45, 7) is 1.93. The molecule has 0 saturated carbocycles. The van der Waals surface area contributed by atoms with E-state index in [4.69, 9.17) is 5.11 Å². The van der Waals surface area contributed by atoms with Gasteiger partial charge in [0.1, 0.15) is 0 Å². The van der Waals surface area contributed by atoms with Crippen LogP contribution in [0.15, 0.2) is 0 Å². The molecule has 1 fully saturated rings. The van der Waals surface area contributed by atoms with E-state index in [1.165, 1.54) is 0 Å². The Hall–Kier alpha value is -0.190. The zero-order chi connectivity index (χ0) is 9.68. The minimum absolute atomic E-state index is 0.0466. The van der Waals surface area contributed by atoms with Crippen LogP contribution in [0.25, 0.3) is 0 Å². The van der Waals surface area contributed by atoms with Crippen LogP contribution in [0.5, 0.6) is 0 Å². The van der Waals surface area contributed by atoms with Crippen molar-refractivity contribution in [1.29, 1.82) is 0 Å². The number of alkyl halides is 1. The van der Waals surface area contributed by atoms with Crippen molar-refractivity contribution in [3.8, 4) is 0 Å². The molecule has 2 atom stereocenters. The Bertz CT molecular complexity index is 146. The summed E-state index contributed by atoms with van der Waals surface area (Å²) in [6, 6.07) is 0. The molecule has 1 aliphatic heterocycles. The second-order valence-electron chi connectivity index (χ2n) is 3.62. The number of halogens is 1. The molecule has 2 N–H and O–H groups in total. The van der Waals surface area contributed by atoms with Crippen LogP contribution in [0.2, 0.25) is 0 Å². The molecule has 0 aliphatic carbocycles. The Kier molecular flexibility index (Phi) is 4.62. The van der Waals surface area contributed by atoms with Gasteiger partial charge in [0.2, 0.25) is 0 Å². The van der Waals surface area contributed by atoms with Gasteiger partial charge < -0.3 is 15.1 Å². The highest BCUT2D eigenvalue weighted by Crippen LogP contribution is 2.19. The topological polar surface area (TPSA) is 43.7 Å². The van der Waals surface area contributed by atoms with Gasteiger partial charge in [0.05, 0.1) is 19.4 Å². The Morgan fingerprint density at radius 2 is 2.23 bits per heavy atom. The molecule has 1 aliphatic rings. The Morgan fingerprint density at radius 3 is 2.85 bits per heavy atom. The molecule has 0 aromatic heterocycles. The molecule has 0 amide bonds. The lowest BCUT2D eigenvalue weighted by atomic mass is 9.92. The molecule has 2 unspecified atom stereocenters. The molecular weight excluding hydrogens is 173 g/mol. The van der Waals surface area contributed by atoms with E-state index in [1.54, 1.807) is 0 Å². The third kappa shape index (κ3) is 3.21. The molecule has 1 rings (SSSR count). The number of nitrogens with zero attached hydrogens (tertiary/aromatic N) is 1. The Balaban J connectivity index is 2.33. The fourth-order valence-corrected chi connectivity index (χ4v) is 1.86. The van der Waals surface area contributed by atoms with Crippen molar-refractivity contribution in [2.24, 2.45) is 5.92 Å². The smallest absolute Gasteiger partial charge is 0.0898 e. The zero-order valence-electron chi connectivity index (χ0n) is 7.82. The maximum absolute atomic E-state index is 12.1. The van der Waals surface area contributed by atoms with Crippen LogP contribution in [0.4, 0.5) is 4.39 Å². The third-order valence-corrected chi connectivity index (χ3v) is 2.67. The van der Waals surface area contributed by atoms with Crippen molar-refractivity contribution < 1.29 is 14.6 Å². The lowest BCUT2D eigenvalue weighted by molar-refractivity contribution is 0.0150. The first kappa shape index (κ1) is 10.9. The highest BCUT2D eigenvalue weighted by Gasteiger charge is 2.26. The van der Waals surface area contributed by atoms with Gasteiger partial charge in [0.25, 0.3) is 0 Å². The first-order chi connectivity index (χ1) is 6.27. The first-order valence-electron chi connectivity index (χ1n) is 4.85. The molecular formula is C9H18FNO2. The Labute approximate surface area is 78.2 Å². The molecule has 0 radical (unpaired) electrons. The normalized spacial score (nSPS) is 30.7. The number of rotatable bonds is 4. The van der Waals surface area contributed by atoms with E-state index in [2.05, 4.69) is 4.90 Å².